The first-order chi connectivity index (χ1) is 9.32. The molecular weight excluding hydrogens is 290 g/mol. The van der Waals surface area contributed by atoms with Gasteiger partial charge in [-0.15, -0.1) is 11.3 Å². The standard InChI is InChI=1S/C14H13F4NS/c1-3-8(2)12-7-20-13(19-12)10-6-9(15)4-5-11(10)14(16,17)18/h4-8H,3H2,1-2H3. The Balaban J connectivity index is 2.51. The number of thiazole rings is 1. The molecule has 0 aliphatic carbocycles. The van der Waals surface area contributed by atoms with Crippen LogP contribution in [0.5, 0.6) is 0 Å². The molecule has 1 aromatic carbocycles. The molecule has 0 aliphatic rings. The van der Waals surface area contributed by atoms with Gasteiger partial charge in [0.05, 0.1) is 11.3 Å². The van der Waals surface area contributed by atoms with E-state index in [2.05, 4.69) is 4.98 Å². The van der Waals surface area contributed by atoms with E-state index in [9.17, 15) is 17.6 Å². The largest absolute Gasteiger partial charge is 0.417 e. The minimum absolute atomic E-state index is 0.169. The van der Waals surface area contributed by atoms with Crippen LogP contribution in [0.15, 0.2) is 23.6 Å². The van der Waals surface area contributed by atoms with Crippen LogP contribution in [0, 0.1) is 5.82 Å². The molecule has 0 saturated heterocycles. The highest BCUT2D eigenvalue weighted by atomic mass is 32.1. The molecule has 0 N–H and O–H groups in total. The Morgan fingerprint density at radius 2 is 2.00 bits per heavy atom. The molecule has 0 aliphatic heterocycles. The summed E-state index contributed by atoms with van der Waals surface area (Å²) >= 11 is 1.11. The fourth-order valence-corrected chi connectivity index (χ4v) is 2.76. The summed E-state index contributed by atoms with van der Waals surface area (Å²) in [6, 6.07) is 2.46. The van der Waals surface area contributed by atoms with Crippen molar-refractivity contribution in [1.82, 2.24) is 4.98 Å². The number of benzene rings is 1. The third-order valence-corrected chi connectivity index (χ3v) is 4.05. The summed E-state index contributed by atoms with van der Waals surface area (Å²) in [5.74, 6) is -0.531. The van der Waals surface area contributed by atoms with Gasteiger partial charge < -0.3 is 0 Å². The minimum atomic E-state index is -4.52. The lowest BCUT2D eigenvalue weighted by molar-refractivity contribution is -0.137. The number of nitrogens with zero attached hydrogens (tertiary/aromatic N) is 1. The van der Waals surface area contributed by atoms with Crippen LogP contribution in [0.25, 0.3) is 10.6 Å². The van der Waals surface area contributed by atoms with E-state index in [-0.39, 0.29) is 16.5 Å². The quantitative estimate of drug-likeness (QED) is 0.684. The van der Waals surface area contributed by atoms with E-state index in [0.29, 0.717) is 0 Å². The van der Waals surface area contributed by atoms with Crippen LogP contribution >= 0.6 is 11.3 Å². The van der Waals surface area contributed by atoms with Gasteiger partial charge in [0.15, 0.2) is 0 Å². The van der Waals surface area contributed by atoms with E-state index < -0.39 is 17.6 Å². The van der Waals surface area contributed by atoms with Crippen molar-refractivity contribution in [2.45, 2.75) is 32.4 Å². The Labute approximate surface area is 118 Å². The van der Waals surface area contributed by atoms with Crippen LogP contribution in [0.2, 0.25) is 0 Å². The number of hydrogen-bond acceptors (Lipinski definition) is 2. The molecule has 1 heterocycles. The molecule has 6 heteroatoms. The lowest BCUT2D eigenvalue weighted by Crippen LogP contribution is -2.07. The van der Waals surface area contributed by atoms with Gasteiger partial charge in [0, 0.05) is 10.9 Å². The summed E-state index contributed by atoms with van der Waals surface area (Å²) in [6.45, 7) is 3.93. The molecule has 0 fully saturated rings. The number of hydrogen-bond donors (Lipinski definition) is 0. The average molecular weight is 303 g/mol. The highest BCUT2D eigenvalue weighted by molar-refractivity contribution is 7.13. The van der Waals surface area contributed by atoms with Gasteiger partial charge in [0.2, 0.25) is 0 Å². The van der Waals surface area contributed by atoms with Crippen LogP contribution in [-0.4, -0.2) is 4.98 Å². The Bertz CT molecular complexity index is 603. The highest BCUT2D eigenvalue weighted by Crippen LogP contribution is 2.39. The maximum Gasteiger partial charge on any atom is 0.417 e. The van der Waals surface area contributed by atoms with Crippen molar-refractivity contribution in [2.75, 3.05) is 0 Å². The number of alkyl halides is 3. The summed E-state index contributed by atoms with van der Waals surface area (Å²) in [4.78, 5) is 4.22. The van der Waals surface area contributed by atoms with Crippen molar-refractivity contribution >= 4 is 11.3 Å². The van der Waals surface area contributed by atoms with Gasteiger partial charge in [0.25, 0.3) is 0 Å². The predicted octanol–water partition coefficient (Wildman–Crippen LogP) is 5.48. The fourth-order valence-electron chi connectivity index (χ4n) is 1.79. The molecule has 1 atom stereocenters. The molecule has 0 spiro atoms. The summed E-state index contributed by atoms with van der Waals surface area (Å²) in [7, 11) is 0. The van der Waals surface area contributed by atoms with Crippen LogP contribution in [0.1, 0.15) is 37.4 Å². The minimum Gasteiger partial charge on any atom is -0.241 e. The molecule has 0 bridgehead atoms. The smallest absolute Gasteiger partial charge is 0.241 e. The third kappa shape index (κ3) is 3.00. The molecule has 2 rings (SSSR count). The fraction of sp³-hybridized carbons (Fsp3) is 0.357. The maximum atomic E-state index is 13.3. The van der Waals surface area contributed by atoms with E-state index in [4.69, 9.17) is 0 Å². The number of halogens is 4. The normalized spacial score (nSPS) is 13.5. The molecule has 108 valence electrons. The van der Waals surface area contributed by atoms with E-state index in [0.717, 1.165) is 41.7 Å². The summed E-state index contributed by atoms with van der Waals surface area (Å²) in [6.07, 6.45) is -3.68. The van der Waals surface area contributed by atoms with E-state index in [1.54, 1.807) is 5.38 Å². The van der Waals surface area contributed by atoms with E-state index in [1.165, 1.54) is 0 Å². The highest BCUT2D eigenvalue weighted by Gasteiger charge is 2.34. The van der Waals surface area contributed by atoms with Crippen LogP contribution in [0.4, 0.5) is 17.6 Å². The molecule has 0 amide bonds. The Hall–Kier alpha value is -1.43. The SMILES string of the molecule is CCC(C)c1csc(-c2cc(F)ccc2C(F)(F)F)n1. The lowest BCUT2D eigenvalue weighted by atomic mass is 10.1. The molecule has 1 unspecified atom stereocenters. The summed E-state index contributed by atoms with van der Waals surface area (Å²) in [5, 5.41) is 1.93. The van der Waals surface area contributed by atoms with Crippen LogP contribution in [0.3, 0.4) is 0 Å². The zero-order valence-corrected chi connectivity index (χ0v) is 11.8. The molecule has 0 radical (unpaired) electrons. The van der Waals surface area contributed by atoms with Gasteiger partial charge in [-0.05, 0) is 30.5 Å². The van der Waals surface area contributed by atoms with Crippen LogP contribution in [-0.2, 0) is 6.18 Å². The second kappa shape index (κ2) is 5.52. The molecule has 1 nitrogen and oxygen atoms in total. The lowest BCUT2D eigenvalue weighted by Gasteiger charge is -2.11. The van der Waals surface area contributed by atoms with Crippen molar-refractivity contribution in [1.29, 1.82) is 0 Å². The second-order valence-electron chi connectivity index (χ2n) is 4.57. The molecule has 0 saturated carbocycles. The zero-order valence-electron chi connectivity index (χ0n) is 11.0. The van der Waals surface area contributed by atoms with Gasteiger partial charge in [-0.25, -0.2) is 9.37 Å². The second-order valence-corrected chi connectivity index (χ2v) is 5.43. The maximum absolute atomic E-state index is 13.3. The van der Waals surface area contributed by atoms with Crippen molar-refractivity contribution in [3.05, 3.63) is 40.7 Å². The van der Waals surface area contributed by atoms with E-state index in [1.807, 2.05) is 13.8 Å². The molecule has 2 aromatic rings. The molecular formula is C14H13F4NS. The summed E-state index contributed by atoms with van der Waals surface area (Å²) < 4.78 is 52.1. The predicted molar refractivity (Wildman–Crippen MR) is 71.2 cm³/mol. The van der Waals surface area contributed by atoms with E-state index >= 15 is 0 Å². The number of rotatable bonds is 3. The van der Waals surface area contributed by atoms with Crippen molar-refractivity contribution in [3.63, 3.8) is 0 Å². The summed E-state index contributed by atoms with van der Waals surface area (Å²) in [5.41, 5.74) is -0.314. The van der Waals surface area contributed by atoms with Crippen molar-refractivity contribution < 1.29 is 17.6 Å². The number of aromatic nitrogens is 1. The zero-order chi connectivity index (χ0) is 14.9. The Kier molecular flexibility index (Phi) is 4.13. The molecule has 20 heavy (non-hydrogen) atoms. The average Bonchev–Trinajstić information content (AvgIpc) is 2.85. The van der Waals surface area contributed by atoms with Crippen LogP contribution < -0.4 is 0 Å². The van der Waals surface area contributed by atoms with Gasteiger partial charge >= 0.3 is 6.18 Å². The topological polar surface area (TPSA) is 12.9 Å². The van der Waals surface area contributed by atoms with Crippen molar-refractivity contribution in [2.24, 2.45) is 0 Å². The monoisotopic (exact) mass is 303 g/mol. The van der Waals surface area contributed by atoms with Gasteiger partial charge in [-0.2, -0.15) is 13.2 Å². The Morgan fingerprint density at radius 1 is 1.30 bits per heavy atom. The Morgan fingerprint density at radius 3 is 2.60 bits per heavy atom. The van der Waals surface area contributed by atoms with Gasteiger partial charge in [-0.1, -0.05) is 13.8 Å². The van der Waals surface area contributed by atoms with Gasteiger partial charge in [0.1, 0.15) is 10.8 Å². The molecule has 1 aromatic heterocycles. The van der Waals surface area contributed by atoms with Gasteiger partial charge in [-0.3, -0.25) is 0 Å². The third-order valence-electron chi connectivity index (χ3n) is 3.16. The first-order valence-corrected chi connectivity index (χ1v) is 7.03. The first-order valence-electron chi connectivity index (χ1n) is 6.15. The first kappa shape index (κ1) is 15.0. The van der Waals surface area contributed by atoms with Crippen molar-refractivity contribution in [3.8, 4) is 10.6 Å².